The Morgan fingerprint density at radius 2 is 2.00 bits per heavy atom. The molecule has 2 unspecified atom stereocenters. The average Bonchev–Trinajstić information content (AvgIpc) is 2.66. The molecule has 1 aliphatic rings. The molecule has 1 aromatic rings. The van der Waals surface area contributed by atoms with Crippen molar-refractivity contribution in [3.63, 3.8) is 0 Å². The molecule has 0 radical (unpaired) electrons. The van der Waals surface area contributed by atoms with E-state index in [9.17, 15) is 9.90 Å². The van der Waals surface area contributed by atoms with Gasteiger partial charge in [0.2, 0.25) is 5.91 Å². The lowest BCUT2D eigenvalue weighted by molar-refractivity contribution is -0.123. The standard InChI is InChI=1S/C17H26N2O2/c1-12-3-2-4-14(8-5-12)19-17(21)16(18)11-13-6-9-15(20)10-7-13/h6-7,9-10,12,14,16,20H,2-5,8,11,18H2,1H3,(H,19,21)/t12?,14?,16-/m0/s1. The third kappa shape index (κ3) is 5.05. The Bertz CT molecular complexity index is 458. The van der Waals surface area contributed by atoms with E-state index in [0.29, 0.717) is 6.42 Å². The van der Waals surface area contributed by atoms with E-state index in [1.54, 1.807) is 24.3 Å². The van der Waals surface area contributed by atoms with Gasteiger partial charge in [-0.05, 0) is 49.3 Å². The fourth-order valence-corrected chi connectivity index (χ4v) is 2.92. The molecule has 2 rings (SSSR count). The van der Waals surface area contributed by atoms with E-state index in [-0.39, 0.29) is 17.7 Å². The Balaban J connectivity index is 1.83. The molecule has 0 saturated heterocycles. The third-order valence-electron chi connectivity index (χ3n) is 4.33. The summed E-state index contributed by atoms with van der Waals surface area (Å²) in [6.07, 6.45) is 6.22. The first-order valence-corrected chi connectivity index (χ1v) is 7.88. The van der Waals surface area contributed by atoms with Gasteiger partial charge < -0.3 is 16.2 Å². The van der Waals surface area contributed by atoms with Crippen LogP contribution in [0, 0.1) is 5.92 Å². The first-order valence-electron chi connectivity index (χ1n) is 7.88. The highest BCUT2D eigenvalue weighted by molar-refractivity contribution is 5.82. The minimum atomic E-state index is -0.532. The fraction of sp³-hybridized carbons (Fsp3) is 0.588. The van der Waals surface area contributed by atoms with Crippen LogP contribution in [-0.2, 0) is 11.2 Å². The van der Waals surface area contributed by atoms with Crippen molar-refractivity contribution in [2.45, 2.75) is 57.5 Å². The summed E-state index contributed by atoms with van der Waals surface area (Å²) in [6.45, 7) is 2.28. The molecule has 4 N–H and O–H groups in total. The molecule has 3 atom stereocenters. The number of hydrogen-bond acceptors (Lipinski definition) is 3. The summed E-state index contributed by atoms with van der Waals surface area (Å²) >= 11 is 0. The van der Waals surface area contributed by atoms with Crippen LogP contribution in [-0.4, -0.2) is 23.1 Å². The van der Waals surface area contributed by atoms with Crippen molar-refractivity contribution in [1.29, 1.82) is 0 Å². The van der Waals surface area contributed by atoms with Crippen molar-refractivity contribution in [1.82, 2.24) is 5.32 Å². The molecule has 1 aliphatic carbocycles. The second-order valence-corrected chi connectivity index (χ2v) is 6.30. The van der Waals surface area contributed by atoms with E-state index in [0.717, 1.165) is 24.3 Å². The van der Waals surface area contributed by atoms with Gasteiger partial charge >= 0.3 is 0 Å². The van der Waals surface area contributed by atoms with E-state index in [1.165, 1.54) is 19.3 Å². The van der Waals surface area contributed by atoms with Gasteiger partial charge in [0.1, 0.15) is 5.75 Å². The Morgan fingerprint density at radius 1 is 1.29 bits per heavy atom. The van der Waals surface area contributed by atoms with Crippen LogP contribution in [0.5, 0.6) is 5.75 Å². The van der Waals surface area contributed by atoms with Crippen LogP contribution < -0.4 is 11.1 Å². The predicted molar refractivity (Wildman–Crippen MR) is 84.0 cm³/mol. The predicted octanol–water partition coefficient (Wildman–Crippen LogP) is 2.35. The second-order valence-electron chi connectivity index (χ2n) is 6.30. The van der Waals surface area contributed by atoms with Crippen LogP contribution >= 0.6 is 0 Å². The maximum atomic E-state index is 12.2. The number of rotatable bonds is 4. The summed E-state index contributed by atoms with van der Waals surface area (Å²) in [5.41, 5.74) is 6.96. The summed E-state index contributed by atoms with van der Waals surface area (Å²) < 4.78 is 0. The summed E-state index contributed by atoms with van der Waals surface area (Å²) in [7, 11) is 0. The largest absolute Gasteiger partial charge is 0.508 e. The lowest BCUT2D eigenvalue weighted by Crippen LogP contribution is -2.46. The maximum Gasteiger partial charge on any atom is 0.237 e. The van der Waals surface area contributed by atoms with Crippen molar-refractivity contribution in [2.75, 3.05) is 0 Å². The minimum Gasteiger partial charge on any atom is -0.508 e. The first-order chi connectivity index (χ1) is 10.0. The van der Waals surface area contributed by atoms with Crippen molar-refractivity contribution in [3.05, 3.63) is 29.8 Å². The molecule has 1 fully saturated rings. The van der Waals surface area contributed by atoms with E-state index in [2.05, 4.69) is 12.2 Å². The summed E-state index contributed by atoms with van der Waals surface area (Å²) in [5, 5.41) is 12.4. The topological polar surface area (TPSA) is 75.4 Å². The Morgan fingerprint density at radius 3 is 2.71 bits per heavy atom. The van der Waals surface area contributed by atoms with Gasteiger partial charge in [0.25, 0.3) is 0 Å². The highest BCUT2D eigenvalue weighted by Gasteiger charge is 2.21. The van der Waals surface area contributed by atoms with Crippen LogP contribution in [0.25, 0.3) is 0 Å². The molecule has 0 spiro atoms. The number of nitrogens with one attached hydrogen (secondary N) is 1. The Hall–Kier alpha value is -1.55. The molecular weight excluding hydrogens is 264 g/mol. The zero-order chi connectivity index (χ0) is 15.2. The minimum absolute atomic E-state index is 0.0670. The van der Waals surface area contributed by atoms with E-state index in [1.807, 2.05) is 0 Å². The van der Waals surface area contributed by atoms with E-state index in [4.69, 9.17) is 5.73 Å². The van der Waals surface area contributed by atoms with Gasteiger partial charge in [-0.1, -0.05) is 31.9 Å². The lowest BCUT2D eigenvalue weighted by atomic mass is 10.0. The molecule has 1 saturated carbocycles. The molecule has 0 heterocycles. The van der Waals surface area contributed by atoms with Gasteiger partial charge in [-0.2, -0.15) is 0 Å². The maximum absolute atomic E-state index is 12.2. The van der Waals surface area contributed by atoms with Gasteiger partial charge in [-0.15, -0.1) is 0 Å². The van der Waals surface area contributed by atoms with Crippen LogP contribution in [0.15, 0.2) is 24.3 Å². The van der Waals surface area contributed by atoms with Gasteiger partial charge in [0, 0.05) is 6.04 Å². The van der Waals surface area contributed by atoms with Crippen molar-refractivity contribution in [2.24, 2.45) is 11.7 Å². The third-order valence-corrected chi connectivity index (χ3v) is 4.33. The number of carbonyl (C=O) groups is 1. The quantitative estimate of drug-likeness (QED) is 0.745. The second kappa shape index (κ2) is 7.46. The summed E-state index contributed by atoms with van der Waals surface area (Å²) in [6, 6.07) is 6.58. The molecule has 0 aromatic heterocycles. The highest BCUT2D eigenvalue weighted by atomic mass is 16.3. The molecule has 4 heteroatoms. The van der Waals surface area contributed by atoms with E-state index >= 15 is 0 Å². The normalized spacial score (nSPS) is 24.1. The highest BCUT2D eigenvalue weighted by Crippen LogP contribution is 2.22. The molecule has 21 heavy (non-hydrogen) atoms. The van der Waals surface area contributed by atoms with Gasteiger partial charge in [0.15, 0.2) is 0 Å². The number of phenols is 1. The molecule has 1 aromatic carbocycles. The number of benzene rings is 1. The fourth-order valence-electron chi connectivity index (χ4n) is 2.92. The van der Waals surface area contributed by atoms with Gasteiger partial charge in [-0.25, -0.2) is 0 Å². The number of hydrogen-bond donors (Lipinski definition) is 3. The SMILES string of the molecule is CC1CCCC(NC(=O)[C@@H](N)Cc2ccc(O)cc2)CC1. The van der Waals surface area contributed by atoms with Gasteiger partial charge in [0.05, 0.1) is 6.04 Å². The molecule has 1 amide bonds. The number of aromatic hydroxyl groups is 1. The zero-order valence-electron chi connectivity index (χ0n) is 12.7. The molecule has 0 bridgehead atoms. The van der Waals surface area contributed by atoms with E-state index < -0.39 is 6.04 Å². The zero-order valence-corrected chi connectivity index (χ0v) is 12.7. The number of nitrogens with two attached hydrogens (primary N) is 1. The number of carbonyl (C=O) groups excluding carboxylic acids is 1. The Kier molecular flexibility index (Phi) is 5.62. The van der Waals surface area contributed by atoms with Gasteiger partial charge in [-0.3, -0.25) is 4.79 Å². The summed E-state index contributed by atoms with van der Waals surface area (Å²) in [4.78, 5) is 12.2. The molecular formula is C17H26N2O2. The van der Waals surface area contributed by atoms with Crippen LogP contribution in [0.4, 0.5) is 0 Å². The first kappa shape index (κ1) is 15.8. The van der Waals surface area contributed by atoms with Crippen molar-refractivity contribution < 1.29 is 9.90 Å². The Labute approximate surface area is 126 Å². The molecule has 0 aliphatic heterocycles. The molecule has 116 valence electrons. The average molecular weight is 290 g/mol. The van der Waals surface area contributed by atoms with Crippen LogP contribution in [0.3, 0.4) is 0 Å². The van der Waals surface area contributed by atoms with Crippen molar-refractivity contribution in [3.8, 4) is 5.75 Å². The molecule has 4 nitrogen and oxygen atoms in total. The van der Waals surface area contributed by atoms with Crippen LogP contribution in [0.2, 0.25) is 0 Å². The van der Waals surface area contributed by atoms with Crippen molar-refractivity contribution >= 4 is 5.91 Å². The van der Waals surface area contributed by atoms with Crippen LogP contribution in [0.1, 0.15) is 44.6 Å². The number of amides is 1. The lowest BCUT2D eigenvalue weighted by Gasteiger charge is -2.19. The summed E-state index contributed by atoms with van der Waals surface area (Å²) in [5.74, 6) is 0.921. The monoisotopic (exact) mass is 290 g/mol. The smallest absolute Gasteiger partial charge is 0.237 e. The number of phenolic OH excluding ortho intramolecular Hbond substituents is 1.